The molecule has 56 heavy (non-hydrogen) atoms. The zero-order valence-corrected chi connectivity index (χ0v) is 31.1. The number of furan rings is 1. The molecule has 0 radical (unpaired) electrons. The maximum Gasteiger partial charge on any atom is 0.137 e. The molecule has 0 unspecified atom stereocenters. The molecule has 0 saturated heterocycles. The molecule has 0 fully saturated rings. The Bertz CT molecular complexity index is 3130. The van der Waals surface area contributed by atoms with Crippen molar-refractivity contribution in [2.24, 2.45) is 0 Å². The Balaban J connectivity index is 1.14. The van der Waals surface area contributed by atoms with E-state index in [1.54, 1.807) is 0 Å². The first-order valence-corrected chi connectivity index (χ1v) is 20.0. The van der Waals surface area contributed by atoms with Gasteiger partial charge in [-0.15, -0.1) is 0 Å². The zero-order chi connectivity index (χ0) is 36.8. The van der Waals surface area contributed by atoms with E-state index in [0.717, 1.165) is 39.0 Å². The van der Waals surface area contributed by atoms with Gasteiger partial charge in [0.2, 0.25) is 0 Å². The molecule has 1 spiro atoms. The third-order valence-electron chi connectivity index (χ3n) is 11.9. The second-order valence-electron chi connectivity index (χ2n) is 14.8. The highest BCUT2D eigenvalue weighted by molar-refractivity contribution is 7.99. The third kappa shape index (κ3) is 4.46. The van der Waals surface area contributed by atoms with Crippen LogP contribution in [0.25, 0.3) is 55.0 Å². The quantitative estimate of drug-likeness (QED) is 0.179. The van der Waals surface area contributed by atoms with Crippen LogP contribution in [0.5, 0.6) is 0 Å². The fourth-order valence-corrected chi connectivity index (χ4v) is 10.7. The molecule has 0 bridgehead atoms. The number of anilines is 3. The van der Waals surface area contributed by atoms with Gasteiger partial charge < -0.3 is 9.32 Å². The van der Waals surface area contributed by atoms with Gasteiger partial charge in [0.15, 0.2) is 0 Å². The van der Waals surface area contributed by atoms with E-state index in [2.05, 4.69) is 199 Å². The van der Waals surface area contributed by atoms with Crippen LogP contribution in [-0.4, -0.2) is 0 Å². The van der Waals surface area contributed by atoms with Crippen molar-refractivity contribution in [1.29, 1.82) is 0 Å². The van der Waals surface area contributed by atoms with Crippen molar-refractivity contribution in [3.8, 4) is 22.3 Å². The number of benzene rings is 9. The number of fused-ring (bicyclic) bond motifs is 14. The van der Waals surface area contributed by atoms with E-state index in [1.165, 1.54) is 65.1 Å². The van der Waals surface area contributed by atoms with Crippen LogP contribution in [-0.2, 0) is 5.41 Å². The van der Waals surface area contributed by atoms with Crippen LogP contribution in [0.2, 0.25) is 0 Å². The van der Waals surface area contributed by atoms with Crippen LogP contribution in [0.15, 0.2) is 214 Å². The predicted molar refractivity (Wildman–Crippen MR) is 233 cm³/mol. The Hall–Kier alpha value is -6.81. The molecule has 1 aliphatic carbocycles. The van der Waals surface area contributed by atoms with Gasteiger partial charge in [0.1, 0.15) is 11.2 Å². The van der Waals surface area contributed by atoms with Crippen molar-refractivity contribution in [3.05, 3.63) is 222 Å². The maximum atomic E-state index is 6.49. The van der Waals surface area contributed by atoms with Gasteiger partial charge >= 0.3 is 0 Å². The molecule has 3 heteroatoms. The van der Waals surface area contributed by atoms with Gasteiger partial charge in [0, 0.05) is 43.7 Å². The summed E-state index contributed by atoms with van der Waals surface area (Å²) < 4.78 is 6.49. The summed E-state index contributed by atoms with van der Waals surface area (Å²) in [5, 5.41) is 4.79. The minimum absolute atomic E-state index is 0.505. The Labute approximate surface area is 329 Å². The van der Waals surface area contributed by atoms with E-state index in [1.807, 2.05) is 17.8 Å². The smallest absolute Gasteiger partial charge is 0.137 e. The molecular weight excluding hydrogens is 699 g/mol. The van der Waals surface area contributed by atoms with Crippen LogP contribution in [0.4, 0.5) is 17.1 Å². The first kappa shape index (κ1) is 31.5. The molecule has 0 saturated carbocycles. The largest absolute Gasteiger partial charge is 0.456 e. The van der Waals surface area contributed by atoms with Crippen molar-refractivity contribution >= 4 is 61.5 Å². The maximum absolute atomic E-state index is 6.49. The third-order valence-corrected chi connectivity index (χ3v) is 13.1. The number of hydrogen-bond donors (Lipinski definition) is 0. The highest BCUT2D eigenvalue weighted by Crippen LogP contribution is 2.63. The molecule has 0 N–H and O–H groups in total. The van der Waals surface area contributed by atoms with E-state index < -0.39 is 5.41 Å². The van der Waals surface area contributed by atoms with Gasteiger partial charge in [-0.3, -0.25) is 0 Å². The monoisotopic (exact) mass is 731 g/mol. The van der Waals surface area contributed by atoms with Gasteiger partial charge in [-0.25, -0.2) is 0 Å². The van der Waals surface area contributed by atoms with Gasteiger partial charge in [0.05, 0.1) is 5.41 Å². The number of rotatable bonds is 4. The van der Waals surface area contributed by atoms with Crippen molar-refractivity contribution in [3.63, 3.8) is 0 Å². The molecule has 0 amide bonds. The minimum Gasteiger partial charge on any atom is -0.456 e. The molecule has 1 aliphatic heterocycles. The van der Waals surface area contributed by atoms with Crippen LogP contribution in [0, 0.1) is 0 Å². The van der Waals surface area contributed by atoms with E-state index in [-0.39, 0.29) is 0 Å². The summed E-state index contributed by atoms with van der Waals surface area (Å²) in [5.41, 5.74) is 14.8. The van der Waals surface area contributed by atoms with E-state index in [0.29, 0.717) is 0 Å². The zero-order valence-electron chi connectivity index (χ0n) is 30.3. The summed E-state index contributed by atoms with van der Waals surface area (Å²) in [6.07, 6.45) is 0. The van der Waals surface area contributed by atoms with Crippen LogP contribution >= 0.6 is 11.8 Å². The van der Waals surface area contributed by atoms with E-state index in [9.17, 15) is 0 Å². The first-order chi connectivity index (χ1) is 27.8. The Kier molecular flexibility index (Phi) is 6.81. The second kappa shape index (κ2) is 12.1. The lowest BCUT2D eigenvalue weighted by molar-refractivity contribution is 0.669. The molecule has 0 atom stereocenters. The topological polar surface area (TPSA) is 16.4 Å². The summed E-state index contributed by atoms with van der Waals surface area (Å²) in [6, 6.07) is 73.3. The summed E-state index contributed by atoms with van der Waals surface area (Å²) >= 11 is 1.88. The molecule has 2 heterocycles. The molecule has 10 aromatic rings. The summed E-state index contributed by atoms with van der Waals surface area (Å²) in [6.45, 7) is 0. The molecule has 2 nitrogen and oxygen atoms in total. The average Bonchev–Trinajstić information content (AvgIpc) is 3.78. The lowest BCUT2D eigenvalue weighted by atomic mass is 9.67. The highest BCUT2D eigenvalue weighted by atomic mass is 32.2. The van der Waals surface area contributed by atoms with Crippen molar-refractivity contribution in [2.45, 2.75) is 15.2 Å². The van der Waals surface area contributed by atoms with Crippen molar-refractivity contribution < 1.29 is 4.42 Å². The Morgan fingerprint density at radius 2 is 1.00 bits per heavy atom. The van der Waals surface area contributed by atoms with Gasteiger partial charge in [0.25, 0.3) is 0 Å². The van der Waals surface area contributed by atoms with Crippen molar-refractivity contribution in [2.75, 3.05) is 4.90 Å². The van der Waals surface area contributed by atoms with Gasteiger partial charge in [-0.2, -0.15) is 0 Å². The summed E-state index contributed by atoms with van der Waals surface area (Å²) in [7, 11) is 0. The van der Waals surface area contributed by atoms with E-state index in [4.69, 9.17) is 4.42 Å². The molecule has 9 aromatic carbocycles. The lowest BCUT2D eigenvalue weighted by Crippen LogP contribution is -2.32. The molecule has 12 rings (SSSR count). The molecular formula is C53H33NOS. The normalized spacial score (nSPS) is 13.4. The number of para-hydroxylation sites is 1. The van der Waals surface area contributed by atoms with E-state index >= 15 is 0 Å². The SMILES string of the molecule is c1ccc(-c2ccc(N(c3ccc4c(c3)C3(c5ccccc5Sc5ccccc53)c3ccc5ccccc5c3-4)c3ccc4c(c3)oc3ccccc34)cc2)cc1. The van der Waals surface area contributed by atoms with Crippen molar-refractivity contribution in [1.82, 2.24) is 0 Å². The Morgan fingerprint density at radius 3 is 1.80 bits per heavy atom. The molecule has 1 aromatic heterocycles. The lowest BCUT2D eigenvalue weighted by Gasteiger charge is -2.40. The molecule has 262 valence electrons. The van der Waals surface area contributed by atoms with Crippen LogP contribution in [0.1, 0.15) is 22.3 Å². The minimum atomic E-state index is -0.505. The predicted octanol–water partition coefficient (Wildman–Crippen LogP) is 14.7. The van der Waals surface area contributed by atoms with Gasteiger partial charge in [-0.05, 0) is 110 Å². The number of hydrogen-bond acceptors (Lipinski definition) is 3. The number of nitrogens with zero attached hydrogens (tertiary/aromatic N) is 1. The standard InChI is InChI=1S/C53H33NOS/c1-2-12-34(13-3-1)35-22-25-37(26-23-35)54(39-27-29-42-41-16-6-9-19-48(41)55-49(42)33-39)38-28-30-43-47(32-38)53(46-31-24-36-14-4-5-15-40(36)52(43)46)44-17-7-10-20-50(44)56-51-21-11-8-18-45(51)53/h1-33H. The Morgan fingerprint density at radius 1 is 0.393 bits per heavy atom. The fourth-order valence-electron chi connectivity index (χ4n) is 9.53. The fraction of sp³-hybridized carbons (Fsp3) is 0.0189. The summed E-state index contributed by atoms with van der Waals surface area (Å²) in [4.78, 5) is 4.99. The second-order valence-corrected chi connectivity index (χ2v) is 15.9. The highest BCUT2D eigenvalue weighted by Gasteiger charge is 2.50. The summed E-state index contributed by atoms with van der Waals surface area (Å²) in [5.74, 6) is 0. The average molecular weight is 732 g/mol. The van der Waals surface area contributed by atoms with Gasteiger partial charge in [-0.1, -0.05) is 151 Å². The van der Waals surface area contributed by atoms with Crippen LogP contribution in [0.3, 0.4) is 0 Å². The molecule has 2 aliphatic rings. The first-order valence-electron chi connectivity index (χ1n) is 19.2. The van der Waals surface area contributed by atoms with Crippen LogP contribution < -0.4 is 4.90 Å².